The molecule has 1 fully saturated rings. The zero-order valence-electron chi connectivity index (χ0n) is 12.1. The molecule has 110 valence electrons. The van der Waals surface area contributed by atoms with Gasteiger partial charge in [0.1, 0.15) is 5.60 Å². The Hall–Kier alpha value is -1.07. The third-order valence-corrected chi connectivity index (χ3v) is 3.81. The lowest BCUT2D eigenvalue weighted by atomic mass is 10.0. The molecule has 1 aromatic rings. The quantitative estimate of drug-likeness (QED) is 0.851. The van der Waals surface area contributed by atoms with Gasteiger partial charge in [-0.2, -0.15) is 0 Å². The van der Waals surface area contributed by atoms with E-state index in [0.717, 1.165) is 16.5 Å². The molecule has 2 rings (SSSR count). The predicted octanol–water partition coefficient (Wildman–Crippen LogP) is 3.46. The summed E-state index contributed by atoms with van der Waals surface area (Å²) in [6.07, 6.45) is 0.498. The number of hydrogen-bond acceptors (Lipinski definition) is 3. The Balaban J connectivity index is 2.20. The maximum absolute atomic E-state index is 12.3. The van der Waals surface area contributed by atoms with Crippen LogP contribution in [0.25, 0.3) is 0 Å². The van der Waals surface area contributed by atoms with Crippen LogP contribution in [-0.2, 0) is 4.74 Å². The molecule has 0 bridgehead atoms. The average molecular weight is 341 g/mol. The number of ether oxygens (including phenoxy) is 1. The highest BCUT2D eigenvalue weighted by Crippen LogP contribution is 2.33. The molecule has 1 amide bonds. The Kier molecular flexibility index (Phi) is 4.39. The van der Waals surface area contributed by atoms with Crippen LogP contribution in [0.3, 0.4) is 0 Å². The first kappa shape index (κ1) is 15.3. The van der Waals surface area contributed by atoms with E-state index in [2.05, 4.69) is 15.9 Å². The topological polar surface area (TPSA) is 55.6 Å². The highest BCUT2D eigenvalue weighted by molar-refractivity contribution is 9.10. The molecule has 20 heavy (non-hydrogen) atoms. The van der Waals surface area contributed by atoms with E-state index in [1.54, 1.807) is 4.90 Å². The first-order chi connectivity index (χ1) is 9.28. The maximum atomic E-state index is 12.3. The van der Waals surface area contributed by atoms with Gasteiger partial charge < -0.3 is 10.5 Å². The maximum Gasteiger partial charge on any atom is 0.410 e. The summed E-state index contributed by atoms with van der Waals surface area (Å²) < 4.78 is 6.48. The molecule has 1 aromatic carbocycles. The Morgan fingerprint density at radius 2 is 1.95 bits per heavy atom. The molecule has 1 heterocycles. The Labute approximate surface area is 128 Å². The van der Waals surface area contributed by atoms with Crippen LogP contribution in [0, 0.1) is 0 Å². The summed E-state index contributed by atoms with van der Waals surface area (Å²) in [6.45, 7) is 6.25. The van der Waals surface area contributed by atoms with Crippen molar-refractivity contribution in [3.8, 4) is 0 Å². The number of hydrogen-bond donors (Lipinski definition) is 1. The number of rotatable bonds is 1. The van der Waals surface area contributed by atoms with E-state index < -0.39 is 5.60 Å². The molecule has 0 saturated carbocycles. The van der Waals surface area contributed by atoms with Crippen LogP contribution in [0.2, 0.25) is 0 Å². The minimum Gasteiger partial charge on any atom is -0.444 e. The van der Waals surface area contributed by atoms with Gasteiger partial charge in [-0.1, -0.05) is 28.1 Å². The fourth-order valence-corrected chi connectivity index (χ4v) is 2.69. The van der Waals surface area contributed by atoms with Crippen LogP contribution < -0.4 is 5.73 Å². The lowest BCUT2D eigenvalue weighted by Crippen LogP contribution is -2.39. The zero-order valence-corrected chi connectivity index (χ0v) is 13.7. The van der Waals surface area contributed by atoms with Crippen LogP contribution in [0.5, 0.6) is 0 Å². The van der Waals surface area contributed by atoms with E-state index in [-0.39, 0.29) is 18.2 Å². The molecule has 1 saturated heterocycles. The van der Waals surface area contributed by atoms with Crippen molar-refractivity contribution >= 4 is 22.0 Å². The van der Waals surface area contributed by atoms with E-state index in [9.17, 15) is 4.79 Å². The van der Waals surface area contributed by atoms with Gasteiger partial charge in [-0.05, 0) is 44.9 Å². The fourth-order valence-electron chi connectivity index (χ4n) is 2.43. The van der Waals surface area contributed by atoms with E-state index in [4.69, 9.17) is 10.5 Å². The Morgan fingerprint density at radius 1 is 1.35 bits per heavy atom. The second-order valence-electron chi connectivity index (χ2n) is 6.12. The van der Waals surface area contributed by atoms with Gasteiger partial charge in [-0.15, -0.1) is 0 Å². The molecule has 0 unspecified atom stereocenters. The third-order valence-electron chi connectivity index (χ3n) is 3.28. The molecule has 5 heteroatoms. The normalized spacial score (nSPS) is 22.9. The van der Waals surface area contributed by atoms with Gasteiger partial charge in [0, 0.05) is 17.1 Å². The summed E-state index contributed by atoms with van der Waals surface area (Å²) in [7, 11) is 0. The van der Waals surface area contributed by atoms with Gasteiger partial charge in [0.2, 0.25) is 0 Å². The SMILES string of the molecule is CC(C)(C)OC(=O)N1CC[C@@H](N)[C@H]1c1ccc(Br)cc1. The second-order valence-corrected chi connectivity index (χ2v) is 7.04. The molecule has 1 aliphatic heterocycles. The van der Waals surface area contributed by atoms with Crippen LogP contribution in [0.1, 0.15) is 38.8 Å². The van der Waals surface area contributed by atoms with Gasteiger partial charge in [0.15, 0.2) is 0 Å². The van der Waals surface area contributed by atoms with Crippen LogP contribution >= 0.6 is 15.9 Å². The van der Waals surface area contributed by atoms with Crippen LogP contribution in [-0.4, -0.2) is 29.2 Å². The smallest absolute Gasteiger partial charge is 0.410 e. The molecular formula is C15H21BrN2O2. The standard InChI is InChI=1S/C15H21BrN2O2/c1-15(2,3)20-14(19)18-9-8-12(17)13(18)10-4-6-11(16)7-5-10/h4-7,12-13H,8-9,17H2,1-3H3/t12-,13-/m1/s1. The van der Waals surface area contributed by atoms with E-state index in [1.165, 1.54) is 0 Å². The summed E-state index contributed by atoms with van der Waals surface area (Å²) in [5.41, 5.74) is 6.73. The summed E-state index contributed by atoms with van der Waals surface area (Å²) in [5.74, 6) is 0. The summed E-state index contributed by atoms with van der Waals surface area (Å²) in [4.78, 5) is 14.0. The van der Waals surface area contributed by atoms with E-state index in [1.807, 2.05) is 45.0 Å². The number of halogens is 1. The highest BCUT2D eigenvalue weighted by atomic mass is 79.9. The number of benzene rings is 1. The van der Waals surface area contributed by atoms with Crippen molar-refractivity contribution in [3.05, 3.63) is 34.3 Å². The molecule has 1 aliphatic rings. The third kappa shape index (κ3) is 3.52. The zero-order chi connectivity index (χ0) is 14.9. The van der Waals surface area contributed by atoms with E-state index >= 15 is 0 Å². The molecular weight excluding hydrogens is 320 g/mol. The molecule has 2 N–H and O–H groups in total. The molecule has 0 aliphatic carbocycles. The number of amides is 1. The largest absolute Gasteiger partial charge is 0.444 e. The molecule has 0 aromatic heterocycles. The Bertz CT molecular complexity index is 482. The lowest BCUT2D eigenvalue weighted by Gasteiger charge is -2.30. The van der Waals surface area contributed by atoms with Crippen LogP contribution in [0.15, 0.2) is 28.7 Å². The van der Waals surface area contributed by atoms with Crippen molar-refractivity contribution in [3.63, 3.8) is 0 Å². The number of likely N-dealkylation sites (tertiary alicyclic amines) is 1. The number of carbonyl (C=O) groups is 1. The highest BCUT2D eigenvalue weighted by Gasteiger charge is 2.38. The summed E-state index contributed by atoms with van der Waals surface area (Å²) >= 11 is 3.42. The van der Waals surface area contributed by atoms with E-state index in [0.29, 0.717) is 6.54 Å². The number of nitrogens with two attached hydrogens (primary N) is 1. The minimum atomic E-state index is -0.492. The van der Waals surface area contributed by atoms with Gasteiger partial charge in [-0.3, -0.25) is 4.90 Å². The van der Waals surface area contributed by atoms with Gasteiger partial charge >= 0.3 is 6.09 Å². The van der Waals surface area contributed by atoms with Crippen LogP contribution in [0.4, 0.5) is 4.79 Å². The van der Waals surface area contributed by atoms with Gasteiger partial charge in [0.05, 0.1) is 6.04 Å². The van der Waals surface area contributed by atoms with Crippen molar-refractivity contribution in [2.75, 3.05) is 6.54 Å². The van der Waals surface area contributed by atoms with Gasteiger partial charge in [0.25, 0.3) is 0 Å². The number of carbonyl (C=O) groups excluding carboxylic acids is 1. The van der Waals surface area contributed by atoms with Crippen molar-refractivity contribution in [1.82, 2.24) is 4.90 Å². The Morgan fingerprint density at radius 3 is 2.50 bits per heavy atom. The minimum absolute atomic E-state index is 0.0521. The molecule has 0 radical (unpaired) electrons. The fraction of sp³-hybridized carbons (Fsp3) is 0.533. The summed E-state index contributed by atoms with van der Waals surface area (Å²) in [6, 6.07) is 7.76. The van der Waals surface area contributed by atoms with Crippen molar-refractivity contribution in [2.45, 2.75) is 44.9 Å². The monoisotopic (exact) mass is 340 g/mol. The average Bonchev–Trinajstić information content (AvgIpc) is 2.70. The van der Waals surface area contributed by atoms with Crippen molar-refractivity contribution in [2.24, 2.45) is 5.73 Å². The second kappa shape index (κ2) is 5.74. The summed E-state index contributed by atoms with van der Waals surface area (Å²) in [5, 5.41) is 0. The first-order valence-electron chi connectivity index (χ1n) is 6.78. The lowest BCUT2D eigenvalue weighted by molar-refractivity contribution is 0.0218. The van der Waals surface area contributed by atoms with Crippen molar-refractivity contribution < 1.29 is 9.53 Å². The predicted molar refractivity (Wildman–Crippen MR) is 82.4 cm³/mol. The van der Waals surface area contributed by atoms with Gasteiger partial charge in [-0.25, -0.2) is 4.79 Å². The molecule has 2 atom stereocenters. The van der Waals surface area contributed by atoms with Crippen molar-refractivity contribution in [1.29, 1.82) is 0 Å². The number of nitrogens with zero attached hydrogens (tertiary/aromatic N) is 1. The first-order valence-corrected chi connectivity index (χ1v) is 7.58. The molecule has 4 nitrogen and oxygen atoms in total. The molecule has 0 spiro atoms.